The van der Waals surface area contributed by atoms with Crippen LogP contribution in [-0.2, 0) is 0 Å². The molecule has 0 bridgehead atoms. The van der Waals surface area contributed by atoms with Crippen molar-refractivity contribution in [1.29, 1.82) is 0 Å². The second kappa shape index (κ2) is 5.41. The third-order valence-corrected chi connectivity index (χ3v) is 0.607. The van der Waals surface area contributed by atoms with Crippen molar-refractivity contribution < 1.29 is 0 Å². The van der Waals surface area contributed by atoms with E-state index in [-0.39, 0.29) is 0 Å². The lowest BCUT2D eigenvalue weighted by Gasteiger charge is -1.70. The van der Waals surface area contributed by atoms with Crippen LogP contribution >= 0.6 is 0 Å². The Kier molecular flexibility index (Phi) is 4.95. The zero-order valence-corrected chi connectivity index (χ0v) is 4.89. The number of allylic oxidation sites excluding steroid dienone is 2. The van der Waals surface area contributed by atoms with E-state index in [4.69, 9.17) is 0 Å². The molecule has 0 radical (unpaired) electrons. The molecule has 0 heterocycles. The Morgan fingerprint density at radius 2 is 2.29 bits per heavy atom. The third kappa shape index (κ3) is 5.41. The molecule has 0 aromatic heterocycles. The van der Waals surface area contributed by atoms with Gasteiger partial charge in [-0.3, -0.25) is 4.99 Å². The van der Waals surface area contributed by atoms with Gasteiger partial charge in [-0.1, -0.05) is 13.0 Å². The molecule has 0 aromatic carbocycles. The Labute approximate surface area is 44.8 Å². The zero-order chi connectivity index (χ0) is 5.54. The van der Waals surface area contributed by atoms with Gasteiger partial charge in [0.2, 0.25) is 0 Å². The van der Waals surface area contributed by atoms with Crippen molar-refractivity contribution in [2.24, 2.45) is 4.99 Å². The quantitative estimate of drug-likeness (QED) is 0.464. The summed E-state index contributed by atoms with van der Waals surface area (Å²) >= 11 is 0. The molecule has 0 fully saturated rings. The van der Waals surface area contributed by atoms with Crippen LogP contribution in [0.15, 0.2) is 17.1 Å². The minimum Gasteiger partial charge on any atom is -0.297 e. The molecule has 0 aliphatic carbocycles. The maximum Gasteiger partial charge on any atom is 0.0277 e. The predicted molar refractivity (Wildman–Crippen MR) is 33.8 cm³/mol. The molecule has 0 rings (SSSR count). The van der Waals surface area contributed by atoms with Gasteiger partial charge in [0.15, 0.2) is 0 Å². The summed E-state index contributed by atoms with van der Waals surface area (Å²) in [4.78, 5) is 3.76. The number of hydrogen-bond donors (Lipinski definition) is 0. The van der Waals surface area contributed by atoms with Gasteiger partial charge in [-0.2, -0.15) is 0 Å². The summed E-state index contributed by atoms with van der Waals surface area (Å²) in [6, 6.07) is 0. The fraction of sp³-hybridized carbons (Fsp3) is 0.500. The number of aliphatic imine (C=N–C) groups is 1. The number of hydrogen-bond acceptors (Lipinski definition) is 1. The van der Waals surface area contributed by atoms with Gasteiger partial charge in [0.05, 0.1) is 0 Å². The van der Waals surface area contributed by atoms with E-state index in [9.17, 15) is 0 Å². The Hall–Kier alpha value is -0.590. The van der Waals surface area contributed by atoms with Gasteiger partial charge in [0.1, 0.15) is 0 Å². The lowest BCUT2D eigenvalue weighted by molar-refractivity contribution is 1.23. The third-order valence-electron chi connectivity index (χ3n) is 0.607. The summed E-state index contributed by atoms with van der Waals surface area (Å²) in [5.74, 6) is 0. The molecule has 1 nitrogen and oxygen atoms in total. The summed E-state index contributed by atoms with van der Waals surface area (Å²) in [6.07, 6.45) is 6.88. The Bertz CT molecular complexity index is 72.2. The molecular weight excluding hydrogens is 86.1 g/mol. The largest absolute Gasteiger partial charge is 0.297 e. The molecule has 40 valence electrons. The molecule has 0 amide bonds. The molecular formula is C6H11N. The van der Waals surface area contributed by atoms with Crippen LogP contribution in [0, 0.1) is 0 Å². The summed E-state index contributed by atoms with van der Waals surface area (Å²) < 4.78 is 0. The van der Waals surface area contributed by atoms with Crippen molar-refractivity contribution in [1.82, 2.24) is 0 Å². The summed E-state index contributed by atoms with van der Waals surface area (Å²) in [5, 5.41) is 0. The van der Waals surface area contributed by atoms with E-state index in [1.54, 1.807) is 13.3 Å². The van der Waals surface area contributed by atoms with Crippen molar-refractivity contribution in [2.45, 2.75) is 13.3 Å². The van der Waals surface area contributed by atoms with Crippen LogP contribution in [-0.4, -0.2) is 13.3 Å². The minimum atomic E-state index is 1.09. The summed E-state index contributed by atoms with van der Waals surface area (Å²) in [5.41, 5.74) is 0. The molecule has 0 saturated carbocycles. The first-order valence-corrected chi connectivity index (χ1v) is 2.49. The highest BCUT2D eigenvalue weighted by molar-refractivity contribution is 5.70. The molecule has 0 aromatic rings. The molecule has 0 aliphatic heterocycles. The first-order chi connectivity index (χ1) is 3.41. The molecule has 0 N–H and O–H groups in total. The smallest absolute Gasteiger partial charge is 0.0277 e. The Morgan fingerprint density at radius 3 is 2.71 bits per heavy atom. The average molecular weight is 97.2 g/mol. The van der Waals surface area contributed by atoms with Crippen molar-refractivity contribution in [3.63, 3.8) is 0 Å². The molecule has 7 heavy (non-hydrogen) atoms. The average Bonchev–Trinajstić information content (AvgIpc) is 1.69. The zero-order valence-electron chi connectivity index (χ0n) is 4.89. The van der Waals surface area contributed by atoms with Crippen molar-refractivity contribution in [3.8, 4) is 0 Å². The standard InChI is InChI=1S/C6H11N/c1-3-4-5-6-7-2/h4-6H,3H2,1-2H3/b5-4+,7-6+. The Morgan fingerprint density at radius 1 is 1.57 bits per heavy atom. The van der Waals surface area contributed by atoms with E-state index in [2.05, 4.69) is 18.0 Å². The highest BCUT2D eigenvalue weighted by Gasteiger charge is 1.58. The van der Waals surface area contributed by atoms with Crippen LogP contribution in [0.5, 0.6) is 0 Å². The minimum absolute atomic E-state index is 1.09. The maximum absolute atomic E-state index is 3.76. The van der Waals surface area contributed by atoms with E-state index in [0.29, 0.717) is 0 Å². The van der Waals surface area contributed by atoms with E-state index >= 15 is 0 Å². The first kappa shape index (κ1) is 6.41. The Balaban J connectivity index is 3.09. The van der Waals surface area contributed by atoms with Gasteiger partial charge < -0.3 is 0 Å². The van der Waals surface area contributed by atoms with Crippen molar-refractivity contribution in [2.75, 3.05) is 7.05 Å². The predicted octanol–water partition coefficient (Wildman–Crippen LogP) is 1.65. The SMILES string of the molecule is CC/C=C/C=N/C. The molecule has 0 atom stereocenters. The van der Waals surface area contributed by atoms with Gasteiger partial charge in [-0.05, 0) is 12.5 Å². The van der Waals surface area contributed by atoms with E-state index in [1.807, 2.05) is 6.08 Å². The fourth-order valence-corrected chi connectivity index (χ4v) is 0.283. The lowest BCUT2D eigenvalue weighted by atomic mass is 10.4. The van der Waals surface area contributed by atoms with Gasteiger partial charge in [0, 0.05) is 13.3 Å². The normalized spacial score (nSPS) is 11.7. The van der Waals surface area contributed by atoms with Crippen LogP contribution in [0.25, 0.3) is 0 Å². The van der Waals surface area contributed by atoms with E-state index in [1.165, 1.54) is 0 Å². The van der Waals surface area contributed by atoms with Crippen LogP contribution < -0.4 is 0 Å². The monoisotopic (exact) mass is 97.1 g/mol. The first-order valence-electron chi connectivity index (χ1n) is 2.49. The van der Waals surface area contributed by atoms with Gasteiger partial charge in [-0.15, -0.1) is 0 Å². The van der Waals surface area contributed by atoms with Gasteiger partial charge >= 0.3 is 0 Å². The number of nitrogens with zero attached hydrogens (tertiary/aromatic N) is 1. The molecule has 0 unspecified atom stereocenters. The summed E-state index contributed by atoms with van der Waals surface area (Å²) in [6.45, 7) is 2.10. The second-order valence-electron chi connectivity index (χ2n) is 1.24. The highest BCUT2D eigenvalue weighted by atomic mass is 14.6. The van der Waals surface area contributed by atoms with Crippen LogP contribution in [0.1, 0.15) is 13.3 Å². The van der Waals surface area contributed by atoms with Gasteiger partial charge in [0.25, 0.3) is 0 Å². The highest BCUT2D eigenvalue weighted by Crippen LogP contribution is 1.74. The maximum atomic E-state index is 3.76. The van der Waals surface area contributed by atoms with Crippen LogP contribution in [0.2, 0.25) is 0 Å². The molecule has 0 saturated heterocycles. The van der Waals surface area contributed by atoms with Gasteiger partial charge in [-0.25, -0.2) is 0 Å². The molecule has 0 spiro atoms. The molecule has 0 aliphatic rings. The second-order valence-corrected chi connectivity index (χ2v) is 1.24. The number of rotatable bonds is 2. The fourth-order valence-electron chi connectivity index (χ4n) is 0.283. The van der Waals surface area contributed by atoms with Crippen LogP contribution in [0.4, 0.5) is 0 Å². The lowest BCUT2D eigenvalue weighted by Crippen LogP contribution is -1.59. The molecule has 1 heteroatoms. The van der Waals surface area contributed by atoms with Crippen LogP contribution in [0.3, 0.4) is 0 Å². The topological polar surface area (TPSA) is 12.4 Å². The van der Waals surface area contributed by atoms with E-state index in [0.717, 1.165) is 6.42 Å². The van der Waals surface area contributed by atoms with Crippen molar-refractivity contribution in [3.05, 3.63) is 12.2 Å². The van der Waals surface area contributed by atoms with E-state index < -0.39 is 0 Å². The summed E-state index contributed by atoms with van der Waals surface area (Å²) in [7, 11) is 1.76. The van der Waals surface area contributed by atoms with Crippen molar-refractivity contribution >= 4 is 6.21 Å².